The zero-order valence-corrected chi connectivity index (χ0v) is 16.0. The Morgan fingerprint density at radius 3 is 2.88 bits per heavy atom. The lowest BCUT2D eigenvalue weighted by atomic mass is 10.1. The molecule has 140 valence electrons. The van der Waals surface area contributed by atoms with Crippen LogP contribution in [0.4, 0.5) is 0 Å². The third-order valence-electron chi connectivity index (χ3n) is 5.23. The van der Waals surface area contributed by atoms with E-state index in [0.29, 0.717) is 19.0 Å². The van der Waals surface area contributed by atoms with Crippen LogP contribution in [-0.2, 0) is 11.3 Å². The highest BCUT2D eigenvalue weighted by Gasteiger charge is 2.23. The number of benzene rings is 1. The number of hydrogen-bond donors (Lipinski definition) is 1. The summed E-state index contributed by atoms with van der Waals surface area (Å²) in [6.45, 7) is 5.54. The maximum Gasteiger partial charge on any atom is 0.221 e. The molecular formula is C20H29N5O. The van der Waals surface area contributed by atoms with E-state index in [1.807, 2.05) is 29.8 Å². The van der Waals surface area contributed by atoms with Crippen molar-refractivity contribution in [2.75, 3.05) is 33.7 Å². The minimum absolute atomic E-state index is 0.0976. The van der Waals surface area contributed by atoms with Crippen LogP contribution in [0.15, 0.2) is 36.7 Å². The number of aryl methyl sites for hydroxylation is 1. The third kappa shape index (κ3) is 4.51. The van der Waals surface area contributed by atoms with Gasteiger partial charge in [-0.05, 0) is 45.6 Å². The van der Waals surface area contributed by atoms with Crippen molar-refractivity contribution in [2.45, 2.75) is 32.4 Å². The van der Waals surface area contributed by atoms with E-state index in [4.69, 9.17) is 0 Å². The number of aromatic nitrogens is 2. The van der Waals surface area contributed by atoms with Crippen molar-refractivity contribution in [3.63, 3.8) is 0 Å². The van der Waals surface area contributed by atoms with Crippen LogP contribution in [0.2, 0.25) is 0 Å². The minimum Gasteiger partial charge on any atom is -0.352 e. The first kappa shape index (κ1) is 18.6. The van der Waals surface area contributed by atoms with E-state index in [1.54, 1.807) is 6.20 Å². The van der Waals surface area contributed by atoms with Crippen LogP contribution >= 0.6 is 0 Å². The highest BCUT2D eigenvalue weighted by atomic mass is 16.1. The second-order valence-corrected chi connectivity index (χ2v) is 7.19. The summed E-state index contributed by atoms with van der Waals surface area (Å²) in [6.07, 6.45) is 5.46. The summed E-state index contributed by atoms with van der Waals surface area (Å²) in [4.78, 5) is 21.2. The van der Waals surface area contributed by atoms with E-state index < -0.39 is 0 Å². The topological polar surface area (TPSA) is 53.4 Å². The second-order valence-electron chi connectivity index (χ2n) is 7.19. The van der Waals surface area contributed by atoms with Crippen LogP contribution in [-0.4, -0.2) is 65.0 Å². The molecular weight excluding hydrogens is 326 g/mol. The van der Waals surface area contributed by atoms with Crippen LogP contribution in [0, 0.1) is 6.92 Å². The normalized spacial score (nSPS) is 17.8. The molecule has 26 heavy (non-hydrogen) atoms. The van der Waals surface area contributed by atoms with E-state index in [0.717, 1.165) is 36.7 Å². The molecule has 2 aromatic rings. The van der Waals surface area contributed by atoms with Crippen molar-refractivity contribution in [3.05, 3.63) is 48.0 Å². The molecule has 1 N–H and O–H groups in total. The lowest BCUT2D eigenvalue weighted by Crippen LogP contribution is -2.36. The molecule has 1 atom stereocenters. The predicted molar refractivity (Wildman–Crippen MR) is 103 cm³/mol. The number of carbonyl (C=O) groups excluding carboxylic acids is 1. The molecule has 0 bridgehead atoms. The van der Waals surface area contributed by atoms with E-state index in [9.17, 15) is 4.79 Å². The smallest absolute Gasteiger partial charge is 0.221 e. The Labute approximate surface area is 155 Å². The molecule has 0 saturated carbocycles. The highest BCUT2D eigenvalue weighted by Crippen LogP contribution is 2.16. The van der Waals surface area contributed by atoms with Gasteiger partial charge in [0, 0.05) is 44.5 Å². The van der Waals surface area contributed by atoms with Gasteiger partial charge in [0.2, 0.25) is 5.91 Å². The Hall–Kier alpha value is -2.18. The van der Waals surface area contributed by atoms with Crippen molar-refractivity contribution in [1.82, 2.24) is 24.7 Å². The van der Waals surface area contributed by atoms with Crippen molar-refractivity contribution < 1.29 is 4.79 Å². The van der Waals surface area contributed by atoms with Gasteiger partial charge in [-0.1, -0.05) is 18.2 Å². The lowest BCUT2D eigenvalue weighted by molar-refractivity contribution is -0.121. The van der Waals surface area contributed by atoms with E-state index in [-0.39, 0.29) is 5.91 Å². The van der Waals surface area contributed by atoms with Gasteiger partial charge < -0.3 is 19.7 Å². The molecule has 0 aliphatic carbocycles. The van der Waals surface area contributed by atoms with Crippen LogP contribution in [0.25, 0.3) is 5.69 Å². The molecule has 1 amide bonds. The number of carbonyl (C=O) groups is 1. The number of imidazole rings is 1. The van der Waals surface area contributed by atoms with Gasteiger partial charge in [-0.3, -0.25) is 4.79 Å². The van der Waals surface area contributed by atoms with Gasteiger partial charge >= 0.3 is 0 Å². The molecule has 6 nitrogen and oxygen atoms in total. The molecule has 1 aromatic heterocycles. The molecule has 1 aromatic carbocycles. The number of nitrogens with one attached hydrogen (secondary N) is 1. The first-order valence-electron chi connectivity index (χ1n) is 9.28. The molecule has 1 aliphatic heterocycles. The Morgan fingerprint density at radius 2 is 2.19 bits per heavy atom. The fourth-order valence-electron chi connectivity index (χ4n) is 3.54. The molecule has 1 fully saturated rings. The van der Waals surface area contributed by atoms with Crippen molar-refractivity contribution in [2.24, 2.45) is 0 Å². The van der Waals surface area contributed by atoms with Gasteiger partial charge in [-0.2, -0.15) is 0 Å². The van der Waals surface area contributed by atoms with E-state index in [2.05, 4.69) is 46.3 Å². The van der Waals surface area contributed by atoms with Crippen molar-refractivity contribution in [3.8, 4) is 5.69 Å². The number of nitrogens with zero attached hydrogens (tertiary/aromatic N) is 4. The molecule has 2 heterocycles. The third-order valence-corrected chi connectivity index (χ3v) is 5.23. The van der Waals surface area contributed by atoms with Crippen molar-refractivity contribution >= 4 is 5.91 Å². The second kappa shape index (κ2) is 8.47. The largest absolute Gasteiger partial charge is 0.352 e. The SMILES string of the molecule is Cc1nccn1-c1ccccc1CNC(=O)CCN(C)[C@@H]1CCN(C)C1. The van der Waals surface area contributed by atoms with Crippen LogP contribution < -0.4 is 5.32 Å². The van der Waals surface area contributed by atoms with Gasteiger partial charge in [0.05, 0.1) is 5.69 Å². The summed E-state index contributed by atoms with van der Waals surface area (Å²) in [5.74, 6) is 1.03. The molecule has 6 heteroatoms. The quantitative estimate of drug-likeness (QED) is 0.823. The molecule has 0 radical (unpaired) electrons. The predicted octanol–water partition coefficient (Wildman–Crippen LogP) is 1.82. The maximum atomic E-state index is 12.3. The number of para-hydroxylation sites is 1. The molecule has 3 rings (SSSR count). The molecule has 1 aliphatic rings. The lowest BCUT2D eigenvalue weighted by Gasteiger charge is -2.23. The molecule has 0 unspecified atom stereocenters. The zero-order chi connectivity index (χ0) is 18.5. The van der Waals surface area contributed by atoms with Gasteiger partial charge in [0.1, 0.15) is 5.82 Å². The Morgan fingerprint density at radius 1 is 1.38 bits per heavy atom. The zero-order valence-electron chi connectivity index (χ0n) is 16.0. The number of amides is 1. The number of rotatable bonds is 7. The summed E-state index contributed by atoms with van der Waals surface area (Å²) >= 11 is 0. The van der Waals surface area contributed by atoms with E-state index in [1.165, 1.54) is 6.42 Å². The van der Waals surface area contributed by atoms with Crippen LogP contribution in [0.3, 0.4) is 0 Å². The van der Waals surface area contributed by atoms with E-state index >= 15 is 0 Å². The molecule has 1 saturated heterocycles. The average molecular weight is 355 g/mol. The van der Waals surface area contributed by atoms with Crippen molar-refractivity contribution in [1.29, 1.82) is 0 Å². The van der Waals surface area contributed by atoms with Gasteiger partial charge in [-0.15, -0.1) is 0 Å². The average Bonchev–Trinajstić information content (AvgIpc) is 3.26. The first-order valence-corrected chi connectivity index (χ1v) is 9.28. The summed E-state index contributed by atoms with van der Waals surface area (Å²) in [7, 11) is 4.27. The maximum absolute atomic E-state index is 12.3. The van der Waals surface area contributed by atoms with Gasteiger partial charge in [-0.25, -0.2) is 4.98 Å². The highest BCUT2D eigenvalue weighted by molar-refractivity contribution is 5.76. The number of likely N-dealkylation sites (N-methyl/N-ethyl adjacent to an activating group) is 2. The summed E-state index contributed by atoms with van der Waals surface area (Å²) in [5.41, 5.74) is 2.15. The van der Waals surface area contributed by atoms with Gasteiger partial charge in [0.25, 0.3) is 0 Å². The number of likely N-dealkylation sites (tertiary alicyclic amines) is 1. The molecule has 0 spiro atoms. The van der Waals surface area contributed by atoms with Crippen LogP contribution in [0.1, 0.15) is 24.2 Å². The summed E-state index contributed by atoms with van der Waals surface area (Å²) in [5, 5.41) is 3.07. The Kier molecular flexibility index (Phi) is 6.06. The fourth-order valence-corrected chi connectivity index (χ4v) is 3.54. The van der Waals surface area contributed by atoms with Gasteiger partial charge in [0.15, 0.2) is 0 Å². The Balaban J connectivity index is 1.51. The standard InChI is InChI=1S/C20H29N5O/c1-16-21-10-13-25(16)19-7-5-4-6-17(19)14-22-20(26)9-12-24(3)18-8-11-23(2)15-18/h4-7,10,13,18H,8-9,11-12,14-15H2,1-3H3,(H,22,26)/t18-/m1/s1. The monoisotopic (exact) mass is 355 g/mol. The minimum atomic E-state index is 0.0976. The Bertz CT molecular complexity index is 741. The fraction of sp³-hybridized carbons (Fsp3) is 0.500. The summed E-state index contributed by atoms with van der Waals surface area (Å²) in [6, 6.07) is 8.68. The number of hydrogen-bond acceptors (Lipinski definition) is 4. The first-order chi connectivity index (χ1) is 12.5. The summed E-state index contributed by atoms with van der Waals surface area (Å²) < 4.78 is 2.05. The van der Waals surface area contributed by atoms with Crippen LogP contribution in [0.5, 0.6) is 0 Å².